The molecule has 1 unspecified atom stereocenters. The van der Waals surface area contributed by atoms with Crippen molar-refractivity contribution < 1.29 is 22.7 Å². The van der Waals surface area contributed by atoms with Crippen LogP contribution in [0.4, 0.5) is 4.79 Å². The molecule has 1 aromatic rings. The molecular formula is C22H35N5O5S. The molecule has 0 saturated heterocycles. The summed E-state index contributed by atoms with van der Waals surface area (Å²) in [5, 5.41) is 6.94. The van der Waals surface area contributed by atoms with Gasteiger partial charge in [0.2, 0.25) is 5.88 Å². The predicted molar refractivity (Wildman–Crippen MR) is 124 cm³/mol. The van der Waals surface area contributed by atoms with Gasteiger partial charge in [-0.05, 0) is 11.8 Å². The molecule has 0 spiro atoms. The highest BCUT2D eigenvalue weighted by Crippen LogP contribution is 2.44. The van der Waals surface area contributed by atoms with Gasteiger partial charge < -0.3 is 14.8 Å². The van der Waals surface area contributed by atoms with Crippen LogP contribution >= 0.6 is 0 Å². The molecular weight excluding hydrogens is 446 g/mol. The zero-order chi connectivity index (χ0) is 24.8. The number of carbonyl (C=O) groups is 1. The van der Waals surface area contributed by atoms with Gasteiger partial charge in [-0.3, -0.25) is 0 Å². The Balaban J connectivity index is 1.90. The summed E-state index contributed by atoms with van der Waals surface area (Å²) in [5.41, 5.74) is 0.583. The molecule has 1 aromatic heterocycles. The molecule has 1 atom stereocenters. The number of methoxy groups -OCH3 is 1. The Hall–Kier alpha value is -2.56. The Bertz CT molecular complexity index is 1100. The van der Waals surface area contributed by atoms with Gasteiger partial charge in [-0.15, -0.1) is 0 Å². The third kappa shape index (κ3) is 4.87. The molecule has 2 aliphatic heterocycles. The van der Waals surface area contributed by atoms with Crippen LogP contribution in [-0.2, 0) is 21.3 Å². The van der Waals surface area contributed by atoms with E-state index in [9.17, 15) is 13.2 Å². The smallest absolute Gasteiger partial charge is 0.332 e. The van der Waals surface area contributed by atoms with Gasteiger partial charge in [0.1, 0.15) is 0 Å². The summed E-state index contributed by atoms with van der Waals surface area (Å²) in [7, 11) is -2.64. The van der Waals surface area contributed by atoms with Gasteiger partial charge in [-0.25, -0.2) is 27.6 Å². The molecule has 0 saturated carbocycles. The number of hydrogen-bond acceptors (Lipinski definition) is 7. The molecule has 0 fully saturated rings. The first-order chi connectivity index (χ1) is 15.2. The van der Waals surface area contributed by atoms with Crippen LogP contribution in [-0.4, -0.2) is 43.8 Å². The number of hydrogen-bond donors (Lipinski definition) is 2. The van der Waals surface area contributed by atoms with Crippen molar-refractivity contribution in [2.75, 3.05) is 13.7 Å². The summed E-state index contributed by atoms with van der Waals surface area (Å²) < 4.78 is 40.8. The van der Waals surface area contributed by atoms with Crippen molar-refractivity contribution in [3.05, 3.63) is 17.6 Å². The van der Waals surface area contributed by atoms with E-state index in [0.29, 0.717) is 36.9 Å². The number of rotatable bonds is 5. The van der Waals surface area contributed by atoms with Gasteiger partial charge in [0.05, 0.1) is 32.2 Å². The van der Waals surface area contributed by atoms with E-state index in [4.69, 9.17) is 9.47 Å². The first kappa shape index (κ1) is 25.1. The Labute approximate surface area is 195 Å². The topological polar surface area (TPSA) is 124 Å². The second-order valence-corrected chi connectivity index (χ2v) is 12.0. The molecule has 0 aromatic carbocycles. The Morgan fingerprint density at radius 1 is 1.24 bits per heavy atom. The number of urea groups is 1. The van der Waals surface area contributed by atoms with Gasteiger partial charge >= 0.3 is 6.03 Å². The van der Waals surface area contributed by atoms with E-state index in [0.717, 1.165) is 0 Å². The van der Waals surface area contributed by atoms with Crippen molar-refractivity contribution in [3.8, 4) is 5.88 Å². The highest BCUT2D eigenvalue weighted by atomic mass is 32.2. The molecule has 3 heterocycles. The van der Waals surface area contributed by atoms with E-state index < -0.39 is 21.5 Å². The summed E-state index contributed by atoms with van der Waals surface area (Å²) in [6.45, 7) is 14.9. The third-order valence-corrected chi connectivity index (χ3v) is 7.65. The number of allylic oxidation sites excluding steroid dienone is 2. The fourth-order valence-electron chi connectivity index (χ4n) is 3.99. The van der Waals surface area contributed by atoms with Gasteiger partial charge in [-0.2, -0.15) is 5.10 Å². The number of carbonyl (C=O) groups excluding carboxylic acids is 1. The SMILES string of the molecule is COC1=NC(C(C)C)=C(NC(=O)NS(=O)(=O)c2cnn3c2OCC(C)(C)C3)C(C)(C(C)C)C1. The lowest BCUT2D eigenvalue weighted by atomic mass is 9.71. The lowest BCUT2D eigenvalue weighted by Crippen LogP contribution is -2.46. The zero-order valence-electron chi connectivity index (χ0n) is 20.6. The molecule has 0 aliphatic carbocycles. The number of ether oxygens (including phenoxy) is 2. The number of amides is 2. The van der Waals surface area contributed by atoms with E-state index in [1.165, 1.54) is 10.9 Å². The number of sulfonamides is 1. The molecule has 33 heavy (non-hydrogen) atoms. The number of nitrogens with one attached hydrogen (secondary N) is 2. The highest BCUT2D eigenvalue weighted by molar-refractivity contribution is 7.90. The van der Waals surface area contributed by atoms with Gasteiger partial charge in [0.25, 0.3) is 10.0 Å². The van der Waals surface area contributed by atoms with Crippen LogP contribution in [0.1, 0.15) is 54.9 Å². The standard InChI is InChI=1S/C22H35N5O5S/c1-13(2)17-18(22(7,14(3)4)9-16(24-17)31-8)25-20(28)26-33(29,30)15-10-23-27-11-21(5,6)12-32-19(15)27/h10,13-14H,9,11-12H2,1-8H3,(H2,25,26,28). The molecule has 2 amide bonds. The van der Waals surface area contributed by atoms with E-state index in [2.05, 4.69) is 20.1 Å². The monoisotopic (exact) mass is 481 g/mol. The van der Waals surface area contributed by atoms with Crippen molar-refractivity contribution in [3.63, 3.8) is 0 Å². The summed E-state index contributed by atoms with van der Waals surface area (Å²) in [5.74, 6) is 0.828. The van der Waals surface area contributed by atoms with Crippen LogP contribution in [0.3, 0.4) is 0 Å². The van der Waals surface area contributed by atoms with Crippen LogP contribution in [0.2, 0.25) is 0 Å². The molecule has 2 aliphatic rings. The van der Waals surface area contributed by atoms with Crippen LogP contribution in [0.25, 0.3) is 0 Å². The predicted octanol–water partition coefficient (Wildman–Crippen LogP) is 3.27. The average molecular weight is 482 g/mol. The number of nitrogens with zero attached hydrogens (tertiary/aromatic N) is 3. The maximum Gasteiger partial charge on any atom is 0.332 e. The van der Waals surface area contributed by atoms with Crippen molar-refractivity contribution in [2.45, 2.75) is 66.3 Å². The molecule has 0 bridgehead atoms. The fraction of sp³-hybridized carbons (Fsp3) is 0.682. The quantitative estimate of drug-likeness (QED) is 0.665. The molecule has 2 N–H and O–H groups in total. The first-order valence-electron chi connectivity index (χ1n) is 11.1. The summed E-state index contributed by atoms with van der Waals surface area (Å²) in [4.78, 5) is 17.4. The summed E-state index contributed by atoms with van der Waals surface area (Å²) in [6.07, 6.45) is 1.69. The van der Waals surface area contributed by atoms with Crippen molar-refractivity contribution in [1.82, 2.24) is 19.8 Å². The van der Waals surface area contributed by atoms with E-state index in [1.54, 1.807) is 7.11 Å². The largest absolute Gasteiger partial charge is 0.484 e. The minimum atomic E-state index is -4.21. The molecule has 3 rings (SSSR count). The zero-order valence-corrected chi connectivity index (χ0v) is 21.5. The van der Waals surface area contributed by atoms with Gasteiger partial charge in [-0.1, -0.05) is 48.5 Å². The minimum Gasteiger partial charge on any atom is -0.484 e. The Kier molecular flexibility index (Phi) is 6.58. The first-order valence-corrected chi connectivity index (χ1v) is 12.6. The summed E-state index contributed by atoms with van der Waals surface area (Å²) >= 11 is 0. The lowest BCUT2D eigenvalue weighted by Gasteiger charge is -2.40. The normalized spacial score (nSPS) is 22.5. The molecule has 10 nitrogen and oxygen atoms in total. The molecule has 11 heteroatoms. The van der Waals surface area contributed by atoms with Gasteiger partial charge in [0.15, 0.2) is 10.8 Å². The van der Waals surface area contributed by atoms with E-state index in [-0.39, 0.29) is 28.0 Å². The Morgan fingerprint density at radius 3 is 2.48 bits per heavy atom. The number of aliphatic imine (C=N–C) groups is 1. The second-order valence-electron chi connectivity index (χ2n) is 10.4. The molecule has 0 radical (unpaired) electrons. The number of fused-ring (bicyclic) bond motifs is 1. The lowest BCUT2D eigenvalue weighted by molar-refractivity contribution is 0.0970. The average Bonchev–Trinajstić information content (AvgIpc) is 3.11. The van der Waals surface area contributed by atoms with Crippen LogP contribution in [0.5, 0.6) is 5.88 Å². The van der Waals surface area contributed by atoms with Crippen LogP contribution in [0.15, 0.2) is 27.5 Å². The van der Waals surface area contributed by atoms with E-state index >= 15 is 0 Å². The second kappa shape index (κ2) is 8.66. The minimum absolute atomic E-state index is 0.0140. The van der Waals surface area contributed by atoms with Crippen molar-refractivity contribution in [2.24, 2.45) is 27.7 Å². The van der Waals surface area contributed by atoms with E-state index in [1.807, 2.05) is 48.5 Å². The fourth-order valence-corrected chi connectivity index (χ4v) is 4.98. The maximum absolute atomic E-state index is 13.0. The van der Waals surface area contributed by atoms with Crippen LogP contribution < -0.4 is 14.8 Å². The van der Waals surface area contributed by atoms with Crippen molar-refractivity contribution in [1.29, 1.82) is 0 Å². The molecule has 184 valence electrons. The summed E-state index contributed by atoms with van der Waals surface area (Å²) in [6, 6.07) is -0.859. The van der Waals surface area contributed by atoms with Crippen LogP contribution in [0, 0.1) is 22.7 Å². The number of aromatic nitrogens is 2. The van der Waals surface area contributed by atoms with Crippen molar-refractivity contribution >= 4 is 22.0 Å². The highest BCUT2D eigenvalue weighted by Gasteiger charge is 2.42. The maximum atomic E-state index is 13.0. The third-order valence-electron chi connectivity index (χ3n) is 6.34. The van der Waals surface area contributed by atoms with Gasteiger partial charge in [0, 0.05) is 22.9 Å². The Morgan fingerprint density at radius 2 is 1.91 bits per heavy atom.